The summed E-state index contributed by atoms with van der Waals surface area (Å²) in [5.41, 5.74) is 8.11. The number of nitrogens with zero attached hydrogens (tertiary/aromatic N) is 1. The second-order valence-electron chi connectivity index (χ2n) is 5.40. The third-order valence-corrected chi connectivity index (χ3v) is 4.27. The van der Waals surface area contributed by atoms with Gasteiger partial charge in [0.1, 0.15) is 0 Å². The molecule has 0 radical (unpaired) electrons. The highest BCUT2D eigenvalue weighted by Crippen LogP contribution is 2.39. The number of carbonyl (C=O) groups excluding carboxylic acids is 1. The summed E-state index contributed by atoms with van der Waals surface area (Å²) < 4.78 is 1.02. The lowest BCUT2D eigenvalue weighted by molar-refractivity contribution is -0.122. The number of aromatic nitrogens is 2. The topological polar surface area (TPSA) is 83.8 Å². The van der Waals surface area contributed by atoms with Crippen LogP contribution in [0.1, 0.15) is 23.6 Å². The molecule has 1 amide bonds. The fourth-order valence-corrected chi connectivity index (χ4v) is 2.69. The third-order valence-electron chi connectivity index (χ3n) is 3.74. The molecular formula is C15H17BrN4O. The largest absolute Gasteiger partial charge is 0.351 e. The molecule has 1 aromatic carbocycles. The lowest BCUT2D eigenvalue weighted by atomic mass is 10.1. The molecule has 0 bridgehead atoms. The average Bonchev–Trinajstić information content (AvgIpc) is 3.01. The van der Waals surface area contributed by atoms with Gasteiger partial charge in [-0.3, -0.25) is 4.79 Å². The fraction of sp³-hybridized carbons (Fsp3) is 0.333. The molecule has 1 saturated carbocycles. The molecule has 3 rings (SSSR count). The number of nitrogens with two attached hydrogens (primary N) is 1. The molecule has 21 heavy (non-hydrogen) atoms. The molecule has 1 fully saturated rings. The van der Waals surface area contributed by atoms with Gasteiger partial charge in [-0.2, -0.15) is 0 Å². The summed E-state index contributed by atoms with van der Waals surface area (Å²) in [7, 11) is 0. The Morgan fingerprint density at radius 1 is 1.48 bits per heavy atom. The predicted octanol–water partition coefficient (Wildman–Crippen LogP) is 1.71. The maximum atomic E-state index is 12.1. The van der Waals surface area contributed by atoms with Crippen molar-refractivity contribution < 1.29 is 4.79 Å². The van der Waals surface area contributed by atoms with Gasteiger partial charge in [0.25, 0.3) is 0 Å². The molecule has 6 heteroatoms. The molecule has 3 atom stereocenters. The highest BCUT2D eigenvalue weighted by atomic mass is 79.9. The molecule has 5 nitrogen and oxygen atoms in total. The Morgan fingerprint density at radius 3 is 2.90 bits per heavy atom. The number of carbonyl (C=O) groups is 1. The van der Waals surface area contributed by atoms with Crippen molar-refractivity contribution in [2.24, 2.45) is 5.73 Å². The summed E-state index contributed by atoms with van der Waals surface area (Å²) in [6, 6.07) is 7.51. The summed E-state index contributed by atoms with van der Waals surface area (Å²) in [5.74, 6) is 0.251. The quantitative estimate of drug-likeness (QED) is 0.769. The van der Waals surface area contributed by atoms with Gasteiger partial charge in [0.2, 0.25) is 5.91 Å². The molecule has 0 saturated heterocycles. The minimum Gasteiger partial charge on any atom is -0.351 e. The SMILES string of the molecule is N[C@H](Cc1ccc(Br)cc1)C(=O)N[C@@H]1C[C@H]1c1cnc[nH]1. The van der Waals surface area contributed by atoms with Gasteiger partial charge < -0.3 is 16.0 Å². The summed E-state index contributed by atoms with van der Waals surface area (Å²) >= 11 is 3.39. The van der Waals surface area contributed by atoms with Crippen LogP contribution in [0.25, 0.3) is 0 Å². The van der Waals surface area contributed by atoms with E-state index in [-0.39, 0.29) is 11.9 Å². The van der Waals surface area contributed by atoms with Crippen molar-refractivity contribution in [1.29, 1.82) is 0 Å². The summed E-state index contributed by atoms with van der Waals surface area (Å²) in [6.07, 6.45) is 4.95. The number of aromatic amines is 1. The van der Waals surface area contributed by atoms with E-state index in [1.165, 1.54) is 0 Å². The number of halogens is 1. The summed E-state index contributed by atoms with van der Waals surface area (Å²) in [4.78, 5) is 19.2. The van der Waals surface area contributed by atoms with Crippen molar-refractivity contribution in [2.75, 3.05) is 0 Å². The van der Waals surface area contributed by atoms with Crippen LogP contribution in [0.5, 0.6) is 0 Å². The minimum absolute atomic E-state index is 0.0927. The molecule has 1 aliphatic rings. The lowest BCUT2D eigenvalue weighted by Gasteiger charge is -2.12. The van der Waals surface area contributed by atoms with Gasteiger partial charge >= 0.3 is 0 Å². The first-order valence-electron chi connectivity index (χ1n) is 6.92. The molecule has 1 heterocycles. The molecule has 0 aliphatic heterocycles. The van der Waals surface area contributed by atoms with Gasteiger partial charge in [-0.25, -0.2) is 4.98 Å². The molecule has 0 spiro atoms. The maximum absolute atomic E-state index is 12.1. The zero-order valence-electron chi connectivity index (χ0n) is 11.4. The smallest absolute Gasteiger partial charge is 0.237 e. The number of imidazole rings is 1. The number of hydrogen-bond acceptors (Lipinski definition) is 3. The molecule has 110 valence electrons. The monoisotopic (exact) mass is 348 g/mol. The standard InChI is InChI=1S/C15H17BrN4O/c16-10-3-1-9(2-4-10)5-12(17)15(21)20-13-6-11(13)14-7-18-8-19-14/h1-4,7-8,11-13H,5-6,17H2,(H,18,19)(H,20,21)/t11-,12-,13-/m1/s1. The lowest BCUT2D eigenvalue weighted by Crippen LogP contribution is -2.43. The summed E-state index contributed by atoms with van der Waals surface area (Å²) in [5, 5.41) is 3.00. The van der Waals surface area contributed by atoms with Crippen LogP contribution in [0.4, 0.5) is 0 Å². The Bertz CT molecular complexity index is 611. The van der Waals surface area contributed by atoms with Crippen molar-refractivity contribution in [1.82, 2.24) is 15.3 Å². The Balaban J connectivity index is 1.50. The van der Waals surface area contributed by atoms with E-state index in [0.717, 1.165) is 22.2 Å². The first-order chi connectivity index (χ1) is 10.1. The molecular weight excluding hydrogens is 332 g/mol. The van der Waals surface area contributed by atoms with Crippen LogP contribution in [-0.4, -0.2) is 28.0 Å². The van der Waals surface area contributed by atoms with Crippen molar-refractivity contribution in [3.8, 4) is 0 Å². The van der Waals surface area contributed by atoms with E-state index < -0.39 is 6.04 Å². The van der Waals surface area contributed by atoms with Crippen LogP contribution < -0.4 is 11.1 Å². The van der Waals surface area contributed by atoms with Gasteiger partial charge in [-0.05, 0) is 30.5 Å². The van der Waals surface area contributed by atoms with Gasteiger partial charge in [-0.1, -0.05) is 28.1 Å². The Kier molecular flexibility index (Phi) is 4.07. The van der Waals surface area contributed by atoms with Crippen molar-refractivity contribution in [2.45, 2.75) is 30.8 Å². The first kappa shape index (κ1) is 14.3. The average molecular weight is 349 g/mol. The maximum Gasteiger partial charge on any atom is 0.237 e. The summed E-state index contributed by atoms with van der Waals surface area (Å²) in [6.45, 7) is 0. The zero-order chi connectivity index (χ0) is 14.8. The van der Waals surface area contributed by atoms with Gasteiger partial charge in [-0.15, -0.1) is 0 Å². The number of H-pyrrole nitrogens is 1. The van der Waals surface area contributed by atoms with Crippen LogP contribution >= 0.6 is 15.9 Å². The van der Waals surface area contributed by atoms with Crippen molar-refractivity contribution in [3.63, 3.8) is 0 Å². The number of nitrogens with one attached hydrogen (secondary N) is 2. The molecule has 2 aromatic rings. The number of benzene rings is 1. The zero-order valence-corrected chi connectivity index (χ0v) is 13.0. The van der Waals surface area contributed by atoms with E-state index in [0.29, 0.717) is 12.3 Å². The van der Waals surface area contributed by atoms with Gasteiger partial charge in [0.15, 0.2) is 0 Å². The second kappa shape index (κ2) is 5.99. The normalized spacial score (nSPS) is 21.8. The highest BCUT2D eigenvalue weighted by molar-refractivity contribution is 9.10. The predicted molar refractivity (Wildman–Crippen MR) is 83.7 cm³/mol. The van der Waals surface area contributed by atoms with Crippen molar-refractivity contribution in [3.05, 3.63) is 52.5 Å². The highest BCUT2D eigenvalue weighted by Gasteiger charge is 2.41. The number of hydrogen-bond donors (Lipinski definition) is 3. The van der Waals surface area contributed by atoms with Crippen LogP contribution in [0.3, 0.4) is 0 Å². The van der Waals surface area contributed by atoms with Gasteiger partial charge in [0.05, 0.1) is 12.4 Å². The molecule has 1 aliphatic carbocycles. The van der Waals surface area contributed by atoms with Crippen molar-refractivity contribution >= 4 is 21.8 Å². The number of amides is 1. The van der Waals surface area contributed by atoms with Crippen LogP contribution in [0.2, 0.25) is 0 Å². The van der Waals surface area contributed by atoms with Crippen LogP contribution in [0, 0.1) is 0 Å². The van der Waals surface area contributed by atoms with E-state index in [9.17, 15) is 4.79 Å². The molecule has 0 unspecified atom stereocenters. The van der Waals surface area contributed by atoms with Crippen LogP contribution in [0.15, 0.2) is 41.3 Å². The second-order valence-corrected chi connectivity index (χ2v) is 6.32. The Morgan fingerprint density at radius 2 is 2.24 bits per heavy atom. The Labute approximate surface area is 131 Å². The van der Waals surface area contributed by atoms with E-state index >= 15 is 0 Å². The minimum atomic E-state index is -0.519. The van der Waals surface area contributed by atoms with E-state index in [1.54, 1.807) is 12.5 Å². The number of rotatable bonds is 5. The Hall–Kier alpha value is -1.66. The van der Waals surface area contributed by atoms with E-state index in [4.69, 9.17) is 5.73 Å². The third kappa shape index (κ3) is 3.51. The van der Waals surface area contributed by atoms with E-state index in [2.05, 4.69) is 31.2 Å². The fourth-order valence-electron chi connectivity index (χ4n) is 2.42. The molecule has 4 N–H and O–H groups in total. The van der Waals surface area contributed by atoms with Gasteiger partial charge in [0, 0.05) is 28.3 Å². The van der Waals surface area contributed by atoms with E-state index in [1.807, 2.05) is 24.3 Å². The first-order valence-corrected chi connectivity index (χ1v) is 7.71. The van der Waals surface area contributed by atoms with Crippen LogP contribution in [-0.2, 0) is 11.2 Å². The molecule has 1 aromatic heterocycles.